The molecule has 0 spiro atoms. The maximum atomic E-state index is 12.4. The number of fused-ring (bicyclic) bond motifs is 1. The Kier molecular flexibility index (Phi) is 3.37. The van der Waals surface area contributed by atoms with Crippen molar-refractivity contribution in [2.75, 3.05) is 5.32 Å². The van der Waals surface area contributed by atoms with Gasteiger partial charge in [0.25, 0.3) is 5.91 Å². The van der Waals surface area contributed by atoms with Crippen LogP contribution in [-0.2, 0) is 0 Å². The van der Waals surface area contributed by atoms with Crippen molar-refractivity contribution >= 4 is 33.4 Å². The van der Waals surface area contributed by atoms with Crippen molar-refractivity contribution in [1.82, 2.24) is 19.7 Å². The van der Waals surface area contributed by atoms with Gasteiger partial charge in [0.15, 0.2) is 0 Å². The van der Waals surface area contributed by atoms with Gasteiger partial charge in [0.05, 0.1) is 17.4 Å². The molecule has 1 fully saturated rings. The first-order valence-electron chi connectivity index (χ1n) is 7.73. The molecule has 0 unspecified atom stereocenters. The van der Waals surface area contributed by atoms with Gasteiger partial charge in [0, 0.05) is 17.5 Å². The highest BCUT2D eigenvalue weighted by Gasteiger charge is 2.27. The SMILES string of the molecule is CC(C)n1cnc2cc(C(=O)Nc3nnc(C4CC4)s3)ccc21. The Labute approximate surface area is 137 Å². The molecule has 2 aromatic heterocycles. The highest BCUT2D eigenvalue weighted by Crippen LogP contribution is 2.42. The summed E-state index contributed by atoms with van der Waals surface area (Å²) in [6, 6.07) is 5.90. The molecule has 2 heterocycles. The Morgan fingerprint density at radius 2 is 2.17 bits per heavy atom. The molecule has 6 nitrogen and oxygen atoms in total. The third kappa shape index (κ3) is 2.72. The minimum atomic E-state index is -0.176. The molecule has 1 amide bonds. The lowest BCUT2D eigenvalue weighted by Gasteiger charge is -2.08. The van der Waals surface area contributed by atoms with Crippen LogP contribution >= 0.6 is 11.3 Å². The maximum Gasteiger partial charge on any atom is 0.257 e. The topological polar surface area (TPSA) is 72.7 Å². The summed E-state index contributed by atoms with van der Waals surface area (Å²) in [5.41, 5.74) is 2.43. The van der Waals surface area contributed by atoms with Crippen molar-refractivity contribution < 1.29 is 4.79 Å². The number of hydrogen-bond acceptors (Lipinski definition) is 5. The number of carbonyl (C=O) groups is 1. The van der Waals surface area contributed by atoms with Crippen LogP contribution in [0.3, 0.4) is 0 Å². The van der Waals surface area contributed by atoms with E-state index in [0.29, 0.717) is 22.7 Å². The van der Waals surface area contributed by atoms with Gasteiger partial charge in [-0.3, -0.25) is 10.1 Å². The van der Waals surface area contributed by atoms with Crippen LogP contribution in [0.15, 0.2) is 24.5 Å². The summed E-state index contributed by atoms with van der Waals surface area (Å²) < 4.78 is 2.09. The molecule has 0 saturated heterocycles. The average molecular weight is 327 g/mol. The predicted molar refractivity (Wildman–Crippen MR) is 90.0 cm³/mol. The highest BCUT2D eigenvalue weighted by molar-refractivity contribution is 7.15. The highest BCUT2D eigenvalue weighted by atomic mass is 32.1. The lowest BCUT2D eigenvalue weighted by Crippen LogP contribution is -2.11. The number of nitrogens with zero attached hydrogens (tertiary/aromatic N) is 4. The average Bonchev–Trinajstić information content (AvgIpc) is 3.12. The molecular weight excluding hydrogens is 310 g/mol. The smallest absolute Gasteiger partial charge is 0.257 e. The van der Waals surface area contributed by atoms with Gasteiger partial charge in [-0.1, -0.05) is 11.3 Å². The van der Waals surface area contributed by atoms with Crippen LogP contribution in [0.5, 0.6) is 0 Å². The second-order valence-electron chi connectivity index (χ2n) is 6.12. The number of rotatable bonds is 4. The van der Waals surface area contributed by atoms with Crippen LogP contribution < -0.4 is 5.32 Å². The van der Waals surface area contributed by atoms with E-state index in [1.807, 2.05) is 24.5 Å². The largest absolute Gasteiger partial charge is 0.328 e. The van der Waals surface area contributed by atoms with Gasteiger partial charge in [-0.25, -0.2) is 4.98 Å². The lowest BCUT2D eigenvalue weighted by molar-refractivity contribution is 0.102. The Hall–Kier alpha value is -2.28. The zero-order chi connectivity index (χ0) is 16.0. The molecule has 7 heteroatoms. The molecule has 1 aromatic carbocycles. The molecule has 1 N–H and O–H groups in total. The van der Waals surface area contributed by atoms with E-state index in [1.54, 1.807) is 0 Å². The van der Waals surface area contributed by atoms with Crippen molar-refractivity contribution in [2.45, 2.75) is 38.6 Å². The first kappa shape index (κ1) is 14.3. The number of anilines is 1. The van der Waals surface area contributed by atoms with Crippen LogP contribution in [0.2, 0.25) is 0 Å². The molecule has 4 rings (SSSR count). The molecule has 1 aliphatic carbocycles. The molecule has 0 aliphatic heterocycles. The van der Waals surface area contributed by atoms with Gasteiger partial charge in [0.1, 0.15) is 5.01 Å². The van der Waals surface area contributed by atoms with E-state index in [9.17, 15) is 4.79 Å². The zero-order valence-electron chi connectivity index (χ0n) is 13.0. The minimum absolute atomic E-state index is 0.176. The van der Waals surface area contributed by atoms with E-state index in [2.05, 4.69) is 38.9 Å². The molecule has 0 atom stereocenters. The predicted octanol–water partition coefficient (Wildman–Crippen LogP) is 3.60. The number of benzene rings is 1. The van der Waals surface area contributed by atoms with Gasteiger partial charge in [0.2, 0.25) is 5.13 Å². The fourth-order valence-electron chi connectivity index (χ4n) is 2.53. The first-order valence-corrected chi connectivity index (χ1v) is 8.55. The van der Waals surface area contributed by atoms with Crippen LogP contribution in [0.1, 0.15) is 54.0 Å². The second kappa shape index (κ2) is 5.42. The fraction of sp³-hybridized carbons (Fsp3) is 0.375. The number of carbonyl (C=O) groups excluding carboxylic acids is 1. The van der Waals surface area contributed by atoms with Crippen molar-refractivity contribution in [1.29, 1.82) is 0 Å². The molecule has 23 heavy (non-hydrogen) atoms. The Bertz CT molecular complexity index is 878. The first-order chi connectivity index (χ1) is 11.1. The maximum absolute atomic E-state index is 12.4. The van der Waals surface area contributed by atoms with Crippen LogP contribution in [0.4, 0.5) is 5.13 Å². The Morgan fingerprint density at radius 1 is 1.35 bits per heavy atom. The Balaban J connectivity index is 1.56. The summed E-state index contributed by atoms with van der Waals surface area (Å²) in [6.45, 7) is 4.21. The summed E-state index contributed by atoms with van der Waals surface area (Å²) in [5, 5.41) is 12.6. The summed E-state index contributed by atoms with van der Waals surface area (Å²) in [7, 11) is 0. The molecule has 1 saturated carbocycles. The summed E-state index contributed by atoms with van der Waals surface area (Å²) in [5.74, 6) is 0.374. The van der Waals surface area contributed by atoms with Crippen molar-refractivity contribution in [2.24, 2.45) is 0 Å². The van der Waals surface area contributed by atoms with E-state index in [4.69, 9.17) is 0 Å². The third-order valence-electron chi connectivity index (χ3n) is 3.98. The molecule has 118 valence electrons. The number of aromatic nitrogens is 4. The second-order valence-corrected chi connectivity index (χ2v) is 7.13. The van der Waals surface area contributed by atoms with E-state index in [-0.39, 0.29) is 5.91 Å². The van der Waals surface area contributed by atoms with Crippen molar-refractivity contribution in [3.05, 3.63) is 35.1 Å². The van der Waals surface area contributed by atoms with E-state index >= 15 is 0 Å². The zero-order valence-corrected chi connectivity index (χ0v) is 13.8. The van der Waals surface area contributed by atoms with E-state index < -0.39 is 0 Å². The van der Waals surface area contributed by atoms with Gasteiger partial charge in [-0.15, -0.1) is 10.2 Å². The lowest BCUT2D eigenvalue weighted by atomic mass is 10.2. The summed E-state index contributed by atoms with van der Waals surface area (Å²) in [4.78, 5) is 16.8. The van der Waals surface area contributed by atoms with E-state index in [0.717, 1.165) is 16.0 Å². The normalized spacial score (nSPS) is 14.6. The standard InChI is InChI=1S/C16H17N5OS/c1-9(2)21-8-17-12-7-11(5-6-13(12)21)14(22)18-16-20-19-15(23-16)10-3-4-10/h5-10H,3-4H2,1-2H3,(H,18,20,22). The van der Waals surface area contributed by atoms with Crippen LogP contribution in [0, 0.1) is 0 Å². The molecular formula is C16H17N5OS. The van der Waals surface area contributed by atoms with E-state index in [1.165, 1.54) is 24.2 Å². The van der Waals surface area contributed by atoms with Gasteiger partial charge >= 0.3 is 0 Å². The number of hydrogen-bond donors (Lipinski definition) is 1. The molecule has 3 aromatic rings. The van der Waals surface area contributed by atoms with Crippen molar-refractivity contribution in [3.8, 4) is 0 Å². The Morgan fingerprint density at radius 3 is 2.91 bits per heavy atom. The number of amides is 1. The molecule has 0 radical (unpaired) electrons. The molecule has 1 aliphatic rings. The number of nitrogens with one attached hydrogen (secondary N) is 1. The molecule has 0 bridgehead atoms. The monoisotopic (exact) mass is 327 g/mol. The quantitative estimate of drug-likeness (QED) is 0.794. The van der Waals surface area contributed by atoms with Crippen LogP contribution in [-0.4, -0.2) is 25.7 Å². The number of imidazole rings is 1. The van der Waals surface area contributed by atoms with Gasteiger partial charge in [-0.05, 0) is 44.9 Å². The fourth-order valence-corrected chi connectivity index (χ4v) is 3.44. The third-order valence-corrected chi connectivity index (χ3v) is 4.98. The minimum Gasteiger partial charge on any atom is -0.328 e. The van der Waals surface area contributed by atoms with Crippen molar-refractivity contribution in [3.63, 3.8) is 0 Å². The summed E-state index contributed by atoms with van der Waals surface area (Å²) in [6.07, 6.45) is 4.17. The summed E-state index contributed by atoms with van der Waals surface area (Å²) >= 11 is 1.46. The van der Waals surface area contributed by atoms with Crippen LogP contribution in [0.25, 0.3) is 11.0 Å². The van der Waals surface area contributed by atoms with Gasteiger partial charge in [-0.2, -0.15) is 0 Å². The van der Waals surface area contributed by atoms with Gasteiger partial charge < -0.3 is 4.57 Å².